The maximum atomic E-state index is 4.12. The molecule has 0 spiro atoms. The molecule has 1 heterocycles. The zero-order valence-electron chi connectivity index (χ0n) is 12.2. The summed E-state index contributed by atoms with van der Waals surface area (Å²) in [4.78, 5) is 3.98. The average molecular weight is 275 g/mol. The Hall–Kier alpha value is -2.68. The fourth-order valence-electron chi connectivity index (χ4n) is 2.42. The maximum Gasteiger partial charge on any atom is 0.0656 e. The number of hydrogen-bond donors (Lipinski definition) is 1. The van der Waals surface area contributed by atoms with Crippen LogP contribution in [0.5, 0.6) is 0 Å². The summed E-state index contributed by atoms with van der Waals surface area (Å²) in [6.07, 6.45) is 5.71. The molecule has 3 heteroatoms. The van der Waals surface area contributed by atoms with E-state index in [-0.39, 0.29) is 0 Å². The van der Waals surface area contributed by atoms with Gasteiger partial charge in [0.25, 0.3) is 0 Å². The highest BCUT2D eigenvalue weighted by Crippen LogP contribution is 2.28. The summed E-state index contributed by atoms with van der Waals surface area (Å²) in [5.74, 6) is 0. The van der Waals surface area contributed by atoms with Crippen molar-refractivity contribution in [3.05, 3.63) is 60.3 Å². The van der Waals surface area contributed by atoms with E-state index in [1.54, 1.807) is 7.05 Å². The molecule has 0 unspecified atom stereocenters. The van der Waals surface area contributed by atoms with Gasteiger partial charge in [-0.15, -0.1) is 0 Å². The van der Waals surface area contributed by atoms with E-state index in [4.69, 9.17) is 0 Å². The van der Waals surface area contributed by atoms with Crippen molar-refractivity contribution in [3.8, 4) is 11.1 Å². The number of aromatic nitrogens is 2. The Morgan fingerprint density at radius 1 is 1.14 bits per heavy atom. The molecular weight excluding hydrogens is 258 g/mol. The third-order valence-electron chi connectivity index (χ3n) is 3.61. The molecule has 3 rings (SSSR count). The SMILES string of the molecule is CN=C/C=C(\C)c1ccc(-c2cccc3[nH]ncc23)cc1. The molecule has 0 atom stereocenters. The van der Waals surface area contributed by atoms with E-state index < -0.39 is 0 Å². The van der Waals surface area contributed by atoms with Crippen LogP contribution in [-0.2, 0) is 0 Å². The molecule has 21 heavy (non-hydrogen) atoms. The van der Waals surface area contributed by atoms with Gasteiger partial charge < -0.3 is 0 Å². The van der Waals surface area contributed by atoms with Gasteiger partial charge in [0.2, 0.25) is 0 Å². The second kappa shape index (κ2) is 5.75. The molecule has 2 aromatic carbocycles. The normalized spacial score (nSPS) is 12.4. The smallest absolute Gasteiger partial charge is 0.0656 e. The minimum Gasteiger partial charge on any atom is -0.297 e. The van der Waals surface area contributed by atoms with Crippen LogP contribution in [0.25, 0.3) is 27.6 Å². The summed E-state index contributed by atoms with van der Waals surface area (Å²) >= 11 is 0. The van der Waals surface area contributed by atoms with E-state index in [1.807, 2.05) is 30.6 Å². The molecule has 0 radical (unpaired) electrons. The van der Waals surface area contributed by atoms with Crippen LogP contribution in [0.15, 0.2) is 59.7 Å². The molecule has 0 saturated carbocycles. The highest BCUT2D eigenvalue weighted by atomic mass is 15.1. The molecule has 3 aromatic rings. The number of aromatic amines is 1. The predicted molar refractivity (Wildman–Crippen MR) is 89.6 cm³/mol. The van der Waals surface area contributed by atoms with Crippen molar-refractivity contribution < 1.29 is 0 Å². The lowest BCUT2D eigenvalue weighted by Gasteiger charge is -2.06. The number of allylic oxidation sites excluding steroid dienone is 2. The standard InChI is InChI=1S/C18H17N3/c1-13(10-11-19-2)14-6-8-15(9-7-14)16-4-3-5-18-17(16)12-20-21-18/h3-12H,1-2H3,(H,20,21)/b13-10+,19-11?. The predicted octanol–water partition coefficient (Wildman–Crippen LogP) is 4.33. The summed E-state index contributed by atoms with van der Waals surface area (Å²) in [5.41, 5.74) is 5.87. The number of nitrogens with zero attached hydrogens (tertiary/aromatic N) is 2. The molecule has 0 aliphatic rings. The van der Waals surface area contributed by atoms with Crippen LogP contribution in [0.3, 0.4) is 0 Å². The van der Waals surface area contributed by atoms with Crippen molar-refractivity contribution in [3.63, 3.8) is 0 Å². The Kier molecular flexibility index (Phi) is 3.65. The van der Waals surface area contributed by atoms with E-state index in [2.05, 4.69) is 52.4 Å². The number of hydrogen-bond acceptors (Lipinski definition) is 2. The first kappa shape index (κ1) is 13.3. The van der Waals surface area contributed by atoms with Crippen molar-refractivity contribution in [1.29, 1.82) is 0 Å². The van der Waals surface area contributed by atoms with Gasteiger partial charge in [-0.25, -0.2) is 0 Å². The molecule has 0 aliphatic heterocycles. The summed E-state index contributed by atoms with van der Waals surface area (Å²) in [5, 5.41) is 8.28. The molecule has 0 fully saturated rings. The fraction of sp³-hybridized carbons (Fsp3) is 0.111. The van der Waals surface area contributed by atoms with Crippen molar-refractivity contribution in [2.45, 2.75) is 6.92 Å². The Morgan fingerprint density at radius 2 is 1.95 bits per heavy atom. The number of rotatable bonds is 3. The topological polar surface area (TPSA) is 41.0 Å². The second-order valence-corrected chi connectivity index (χ2v) is 4.97. The third kappa shape index (κ3) is 2.63. The first-order valence-corrected chi connectivity index (χ1v) is 6.91. The zero-order valence-corrected chi connectivity index (χ0v) is 12.2. The number of benzene rings is 2. The van der Waals surface area contributed by atoms with Gasteiger partial charge in [0.15, 0.2) is 0 Å². The molecule has 104 valence electrons. The van der Waals surface area contributed by atoms with Gasteiger partial charge in [0.1, 0.15) is 0 Å². The van der Waals surface area contributed by atoms with Gasteiger partial charge in [0, 0.05) is 18.6 Å². The maximum absolute atomic E-state index is 4.12. The van der Waals surface area contributed by atoms with Crippen molar-refractivity contribution in [2.24, 2.45) is 4.99 Å². The Morgan fingerprint density at radius 3 is 2.71 bits per heavy atom. The Balaban J connectivity index is 2.00. The molecule has 0 amide bonds. The lowest BCUT2D eigenvalue weighted by Crippen LogP contribution is -1.83. The van der Waals surface area contributed by atoms with Gasteiger partial charge >= 0.3 is 0 Å². The van der Waals surface area contributed by atoms with Crippen LogP contribution in [0.1, 0.15) is 12.5 Å². The molecule has 3 nitrogen and oxygen atoms in total. The van der Waals surface area contributed by atoms with Crippen LogP contribution in [0.4, 0.5) is 0 Å². The third-order valence-corrected chi connectivity index (χ3v) is 3.61. The van der Waals surface area contributed by atoms with Crippen molar-refractivity contribution in [2.75, 3.05) is 7.05 Å². The largest absolute Gasteiger partial charge is 0.297 e. The minimum atomic E-state index is 1.06. The van der Waals surface area contributed by atoms with Crippen molar-refractivity contribution >= 4 is 22.7 Å². The first-order chi connectivity index (χ1) is 10.3. The van der Waals surface area contributed by atoms with Crippen LogP contribution in [0, 0.1) is 0 Å². The lowest BCUT2D eigenvalue weighted by molar-refractivity contribution is 1.12. The molecule has 0 bridgehead atoms. The molecule has 0 aliphatic carbocycles. The van der Waals surface area contributed by atoms with Gasteiger partial charge in [-0.3, -0.25) is 10.1 Å². The number of fused-ring (bicyclic) bond motifs is 1. The fourth-order valence-corrected chi connectivity index (χ4v) is 2.42. The Labute approximate surface area is 124 Å². The van der Waals surface area contributed by atoms with Crippen LogP contribution >= 0.6 is 0 Å². The van der Waals surface area contributed by atoms with Gasteiger partial charge in [0.05, 0.1) is 11.7 Å². The summed E-state index contributed by atoms with van der Waals surface area (Å²) in [7, 11) is 1.78. The zero-order chi connectivity index (χ0) is 14.7. The summed E-state index contributed by atoms with van der Waals surface area (Å²) < 4.78 is 0. The van der Waals surface area contributed by atoms with Crippen LogP contribution in [-0.4, -0.2) is 23.5 Å². The molecule has 0 saturated heterocycles. The van der Waals surface area contributed by atoms with E-state index >= 15 is 0 Å². The van der Waals surface area contributed by atoms with E-state index in [1.165, 1.54) is 22.3 Å². The highest BCUT2D eigenvalue weighted by Gasteiger charge is 2.05. The average Bonchev–Trinajstić information content (AvgIpc) is 3.01. The number of nitrogens with one attached hydrogen (secondary N) is 1. The quantitative estimate of drug-likeness (QED) is 0.710. The van der Waals surface area contributed by atoms with Gasteiger partial charge in [-0.05, 0) is 41.3 Å². The molecular formula is C18H17N3. The lowest BCUT2D eigenvalue weighted by atomic mass is 9.99. The molecule has 1 N–H and O–H groups in total. The Bertz CT molecular complexity index is 808. The van der Waals surface area contributed by atoms with Crippen molar-refractivity contribution in [1.82, 2.24) is 10.2 Å². The van der Waals surface area contributed by atoms with Crippen LogP contribution < -0.4 is 0 Å². The van der Waals surface area contributed by atoms with Crippen LogP contribution in [0.2, 0.25) is 0 Å². The molecule has 1 aromatic heterocycles. The summed E-state index contributed by atoms with van der Waals surface area (Å²) in [6.45, 7) is 2.09. The van der Waals surface area contributed by atoms with E-state index in [9.17, 15) is 0 Å². The second-order valence-electron chi connectivity index (χ2n) is 4.97. The number of H-pyrrole nitrogens is 1. The monoisotopic (exact) mass is 275 g/mol. The van der Waals surface area contributed by atoms with Gasteiger partial charge in [-0.2, -0.15) is 5.10 Å². The van der Waals surface area contributed by atoms with E-state index in [0.717, 1.165) is 10.9 Å². The summed E-state index contributed by atoms with van der Waals surface area (Å²) in [6, 6.07) is 14.8. The minimum absolute atomic E-state index is 1.06. The van der Waals surface area contributed by atoms with Gasteiger partial charge in [-0.1, -0.05) is 36.4 Å². The van der Waals surface area contributed by atoms with E-state index in [0.29, 0.717) is 0 Å². The first-order valence-electron chi connectivity index (χ1n) is 6.91. The number of aliphatic imine (C=N–C) groups is 1. The highest BCUT2D eigenvalue weighted by molar-refractivity contribution is 5.94.